The molecule has 0 bridgehead atoms. The highest BCUT2D eigenvalue weighted by atomic mass is 16.2. The van der Waals surface area contributed by atoms with Gasteiger partial charge in [-0.3, -0.25) is 9.59 Å². The van der Waals surface area contributed by atoms with Crippen molar-refractivity contribution in [3.05, 3.63) is 70.8 Å². The summed E-state index contributed by atoms with van der Waals surface area (Å²) in [6.07, 6.45) is 5.54. The molecule has 2 amide bonds. The van der Waals surface area contributed by atoms with Gasteiger partial charge in [0.1, 0.15) is 0 Å². The van der Waals surface area contributed by atoms with Gasteiger partial charge in [0.05, 0.1) is 5.41 Å². The van der Waals surface area contributed by atoms with Crippen LogP contribution in [0.1, 0.15) is 46.3 Å². The van der Waals surface area contributed by atoms with Gasteiger partial charge in [-0.2, -0.15) is 0 Å². The molecule has 5 rings (SSSR count). The minimum Gasteiger partial charge on any atom is -0.356 e. The monoisotopic (exact) mass is 417 g/mol. The Labute approximate surface area is 184 Å². The Morgan fingerprint density at radius 2 is 2.00 bits per heavy atom. The molecule has 5 nitrogen and oxygen atoms in total. The Balaban J connectivity index is 1.16. The molecule has 2 aliphatic heterocycles. The van der Waals surface area contributed by atoms with Crippen molar-refractivity contribution in [1.29, 1.82) is 0 Å². The third-order valence-corrected chi connectivity index (χ3v) is 7.41. The summed E-state index contributed by atoms with van der Waals surface area (Å²) in [5.74, 6) is 0.231. The molecule has 1 spiro atoms. The molecule has 162 valence electrons. The summed E-state index contributed by atoms with van der Waals surface area (Å²) >= 11 is 0. The molecule has 5 heteroatoms. The van der Waals surface area contributed by atoms with Crippen molar-refractivity contribution in [3.63, 3.8) is 0 Å². The zero-order valence-corrected chi connectivity index (χ0v) is 18.0. The number of aryl methyl sites for hydroxylation is 1. The molecule has 2 N–H and O–H groups in total. The van der Waals surface area contributed by atoms with Crippen molar-refractivity contribution < 1.29 is 9.59 Å². The quantitative estimate of drug-likeness (QED) is 0.786. The number of nitrogens with one attached hydrogen (secondary N) is 2. The largest absolute Gasteiger partial charge is 0.356 e. The van der Waals surface area contributed by atoms with Crippen LogP contribution in [0.15, 0.2) is 48.5 Å². The average molecular weight is 418 g/mol. The molecule has 0 saturated carbocycles. The van der Waals surface area contributed by atoms with Gasteiger partial charge in [0, 0.05) is 37.8 Å². The van der Waals surface area contributed by atoms with Crippen LogP contribution in [0.2, 0.25) is 0 Å². The van der Waals surface area contributed by atoms with Crippen molar-refractivity contribution in [3.8, 4) is 0 Å². The van der Waals surface area contributed by atoms with Crippen LogP contribution in [0, 0.1) is 5.41 Å². The van der Waals surface area contributed by atoms with Crippen LogP contribution in [-0.2, 0) is 24.1 Å². The number of carbonyl (C=O) groups excluding carboxylic acids is 2. The lowest BCUT2D eigenvalue weighted by Crippen LogP contribution is -2.38. The Hall–Kier alpha value is -2.66. The molecule has 3 aliphatic rings. The van der Waals surface area contributed by atoms with Gasteiger partial charge >= 0.3 is 0 Å². The van der Waals surface area contributed by atoms with E-state index in [2.05, 4.69) is 51.9 Å². The van der Waals surface area contributed by atoms with Gasteiger partial charge in [0.25, 0.3) is 5.91 Å². The smallest absolute Gasteiger partial charge is 0.251 e. The first-order valence-corrected chi connectivity index (χ1v) is 11.6. The number of amides is 2. The average Bonchev–Trinajstić information content (AvgIpc) is 3.39. The summed E-state index contributed by atoms with van der Waals surface area (Å²) in [5, 5.41) is 6.24. The van der Waals surface area contributed by atoms with Crippen molar-refractivity contribution in [2.75, 3.05) is 26.2 Å². The Morgan fingerprint density at radius 1 is 1.13 bits per heavy atom. The molecule has 0 radical (unpaired) electrons. The highest BCUT2D eigenvalue weighted by Crippen LogP contribution is 2.41. The standard InChI is InChI=1S/C26H31N3O2/c30-24(28-23-10-15-29(18-23)14-9-19-4-2-1-3-5-19)21-6-7-22-17-26(11-8-20(22)16-21)12-13-27-25(26)31/h1-7,16,23H,8-15,17-18H2,(H,27,31)(H,28,30)/t23-,26?/m0/s1. The van der Waals surface area contributed by atoms with Crippen molar-refractivity contribution in [1.82, 2.24) is 15.5 Å². The van der Waals surface area contributed by atoms with Crippen LogP contribution in [0.3, 0.4) is 0 Å². The number of benzene rings is 2. The molecule has 0 aromatic heterocycles. The lowest BCUT2D eigenvalue weighted by Gasteiger charge is -2.32. The fourth-order valence-corrected chi connectivity index (χ4v) is 5.48. The zero-order valence-electron chi connectivity index (χ0n) is 18.0. The fraction of sp³-hybridized carbons (Fsp3) is 0.462. The maximum Gasteiger partial charge on any atom is 0.251 e. The van der Waals surface area contributed by atoms with Gasteiger partial charge in [-0.05, 0) is 67.3 Å². The van der Waals surface area contributed by atoms with Crippen molar-refractivity contribution in [2.24, 2.45) is 5.41 Å². The predicted molar refractivity (Wildman–Crippen MR) is 121 cm³/mol. The minimum atomic E-state index is -0.218. The second-order valence-corrected chi connectivity index (χ2v) is 9.44. The van der Waals surface area contributed by atoms with E-state index in [1.54, 1.807) is 0 Å². The number of fused-ring (bicyclic) bond motifs is 1. The number of nitrogens with zero attached hydrogens (tertiary/aromatic N) is 1. The molecule has 2 heterocycles. The number of likely N-dealkylation sites (tertiary alicyclic amines) is 1. The Kier molecular flexibility index (Phi) is 5.53. The molecule has 1 aliphatic carbocycles. The van der Waals surface area contributed by atoms with E-state index in [1.165, 1.54) is 16.7 Å². The van der Waals surface area contributed by atoms with E-state index >= 15 is 0 Å². The lowest BCUT2D eigenvalue weighted by atomic mass is 9.70. The summed E-state index contributed by atoms with van der Waals surface area (Å²) in [5.41, 5.74) is 4.35. The SMILES string of the molecule is O=C(N[C@H]1CCN(CCc2ccccc2)C1)c1ccc2c(c1)CCC1(CCNC1=O)C2. The Morgan fingerprint density at radius 3 is 2.81 bits per heavy atom. The molecule has 2 atom stereocenters. The van der Waals surface area contributed by atoms with Gasteiger partial charge in [-0.15, -0.1) is 0 Å². The summed E-state index contributed by atoms with van der Waals surface area (Å²) in [6, 6.07) is 16.8. The van der Waals surface area contributed by atoms with E-state index in [1.807, 2.05) is 12.1 Å². The molecule has 2 aromatic carbocycles. The van der Waals surface area contributed by atoms with Gasteiger partial charge in [-0.1, -0.05) is 36.4 Å². The molecular formula is C26H31N3O2. The highest BCUT2D eigenvalue weighted by Gasteiger charge is 2.44. The number of hydrogen-bond acceptors (Lipinski definition) is 3. The molecule has 1 unspecified atom stereocenters. The third kappa shape index (κ3) is 4.24. The van der Waals surface area contributed by atoms with Crippen LogP contribution in [0.4, 0.5) is 0 Å². The summed E-state index contributed by atoms with van der Waals surface area (Å²) < 4.78 is 0. The van der Waals surface area contributed by atoms with Gasteiger partial charge in [0.15, 0.2) is 0 Å². The van der Waals surface area contributed by atoms with E-state index in [-0.39, 0.29) is 23.3 Å². The van der Waals surface area contributed by atoms with Crippen LogP contribution < -0.4 is 10.6 Å². The maximum atomic E-state index is 12.9. The molecule has 2 aromatic rings. The Bertz CT molecular complexity index is 974. The van der Waals surface area contributed by atoms with E-state index in [0.29, 0.717) is 0 Å². The number of rotatable bonds is 5. The topological polar surface area (TPSA) is 61.4 Å². The second-order valence-electron chi connectivity index (χ2n) is 9.44. The van der Waals surface area contributed by atoms with Crippen LogP contribution in [0.5, 0.6) is 0 Å². The molecule has 2 saturated heterocycles. The second kappa shape index (κ2) is 8.46. The zero-order chi connectivity index (χ0) is 21.3. The predicted octanol–water partition coefficient (Wildman–Crippen LogP) is 2.73. The lowest BCUT2D eigenvalue weighted by molar-refractivity contribution is -0.128. The number of carbonyl (C=O) groups is 2. The van der Waals surface area contributed by atoms with Gasteiger partial charge in [-0.25, -0.2) is 0 Å². The van der Waals surface area contributed by atoms with Crippen LogP contribution in [0.25, 0.3) is 0 Å². The summed E-state index contributed by atoms with van der Waals surface area (Å²) in [6.45, 7) is 3.77. The molecular weight excluding hydrogens is 386 g/mol. The van der Waals surface area contributed by atoms with Crippen molar-refractivity contribution in [2.45, 2.75) is 44.6 Å². The first-order chi connectivity index (χ1) is 15.1. The van der Waals surface area contributed by atoms with E-state index in [4.69, 9.17) is 0 Å². The highest BCUT2D eigenvalue weighted by molar-refractivity contribution is 5.95. The van der Waals surface area contributed by atoms with E-state index in [0.717, 1.165) is 70.3 Å². The van der Waals surface area contributed by atoms with E-state index in [9.17, 15) is 9.59 Å². The van der Waals surface area contributed by atoms with Crippen LogP contribution >= 0.6 is 0 Å². The fourth-order valence-electron chi connectivity index (χ4n) is 5.48. The maximum absolute atomic E-state index is 12.9. The van der Waals surface area contributed by atoms with Crippen LogP contribution in [-0.4, -0.2) is 48.9 Å². The number of hydrogen-bond donors (Lipinski definition) is 2. The normalized spacial score (nSPS) is 25.4. The van der Waals surface area contributed by atoms with E-state index < -0.39 is 0 Å². The first-order valence-electron chi connectivity index (χ1n) is 11.6. The molecule has 2 fully saturated rings. The minimum absolute atomic E-state index is 0.0246. The summed E-state index contributed by atoms with van der Waals surface area (Å²) in [7, 11) is 0. The first kappa shape index (κ1) is 20.3. The van der Waals surface area contributed by atoms with Crippen molar-refractivity contribution >= 4 is 11.8 Å². The summed E-state index contributed by atoms with van der Waals surface area (Å²) in [4.78, 5) is 27.6. The van der Waals surface area contributed by atoms with Gasteiger partial charge < -0.3 is 15.5 Å². The molecule has 31 heavy (non-hydrogen) atoms. The third-order valence-electron chi connectivity index (χ3n) is 7.41. The van der Waals surface area contributed by atoms with Gasteiger partial charge in [0.2, 0.25) is 5.91 Å².